The van der Waals surface area contributed by atoms with Gasteiger partial charge < -0.3 is 14.8 Å². The Morgan fingerprint density at radius 3 is 2.81 bits per heavy atom. The molecule has 0 aromatic heterocycles. The molecule has 1 heterocycles. The zero-order valence-electron chi connectivity index (χ0n) is 13.8. The van der Waals surface area contributed by atoms with Gasteiger partial charge in [-0.25, -0.2) is 0 Å². The molecule has 1 amide bonds. The lowest BCUT2D eigenvalue weighted by Crippen LogP contribution is -2.23. The van der Waals surface area contributed by atoms with Crippen LogP contribution in [-0.4, -0.2) is 25.0 Å². The van der Waals surface area contributed by atoms with Crippen molar-refractivity contribution in [3.63, 3.8) is 0 Å². The smallest absolute Gasteiger partial charge is 0.244 e. The predicted molar refractivity (Wildman–Crippen MR) is 107 cm³/mol. The topological polar surface area (TPSA) is 47.6 Å². The van der Waals surface area contributed by atoms with Gasteiger partial charge in [0.25, 0.3) is 0 Å². The van der Waals surface area contributed by atoms with Gasteiger partial charge in [0.1, 0.15) is 0 Å². The maximum Gasteiger partial charge on any atom is 0.244 e. The second-order valence-electron chi connectivity index (χ2n) is 5.54. The number of fused-ring (bicyclic) bond motifs is 1. The van der Waals surface area contributed by atoms with Crippen molar-refractivity contribution in [1.82, 2.24) is 5.32 Å². The molecule has 0 fully saturated rings. The van der Waals surface area contributed by atoms with Crippen molar-refractivity contribution in [1.29, 1.82) is 0 Å². The first-order valence-electron chi connectivity index (χ1n) is 7.99. The highest BCUT2D eigenvalue weighted by molar-refractivity contribution is 7.98. The maximum atomic E-state index is 11.9. The molecule has 0 aliphatic carbocycles. The van der Waals surface area contributed by atoms with Crippen LogP contribution >= 0.6 is 35.0 Å². The monoisotopic (exact) mass is 409 g/mol. The van der Waals surface area contributed by atoms with Gasteiger partial charge in [0.05, 0.1) is 10.0 Å². The van der Waals surface area contributed by atoms with Crippen LogP contribution in [0.1, 0.15) is 11.1 Å². The molecule has 3 rings (SSSR count). The summed E-state index contributed by atoms with van der Waals surface area (Å²) in [4.78, 5) is 11.9. The number of benzene rings is 2. The summed E-state index contributed by atoms with van der Waals surface area (Å²) in [6.07, 6.45) is 3.27. The van der Waals surface area contributed by atoms with E-state index >= 15 is 0 Å². The Kier molecular flexibility index (Phi) is 6.72. The molecular weight excluding hydrogens is 393 g/mol. The first-order chi connectivity index (χ1) is 12.6. The number of carbonyl (C=O) groups excluding carboxylic acids is 1. The summed E-state index contributed by atoms with van der Waals surface area (Å²) >= 11 is 13.6. The van der Waals surface area contributed by atoms with Crippen molar-refractivity contribution < 1.29 is 14.3 Å². The molecule has 0 saturated carbocycles. The molecule has 0 saturated heterocycles. The van der Waals surface area contributed by atoms with Gasteiger partial charge in [0.2, 0.25) is 12.7 Å². The number of rotatable bonds is 7. The normalized spacial score (nSPS) is 12.5. The Bertz CT molecular complexity index is 826. The molecule has 0 bridgehead atoms. The van der Waals surface area contributed by atoms with E-state index in [1.54, 1.807) is 23.9 Å². The van der Waals surface area contributed by atoms with Crippen LogP contribution in [-0.2, 0) is 10.5 Å². The minimum Gasteiger partial charge on any atom is -0.454 e. The van der Waals surface area contributed by atoms with E-state index in [9.17, 15) is 4.79 Å². The van der Waals surface area contributed by atoms with Crippen molar-refractivity contribution in [2.45, 2.75) is 5.75 Å². The molecule has 4 nitrogen and oxygen atoms in total. The van der Waals surface area contributed by atoms with Gasteiger partial charge in [-0.2, -0.15) is 11.8 Å². The van der Waals surface area contributed by atoms with Gasteiger partial charge in [-0.3, -0.25) is 4.79 Å². The van der Waals surface area contributed by atoms with Crippen molar-refractivity contribution in [3.8, 4) is 11.5 Å². The average molecular weight is 410 g/mol. The van der Waals surface area contributed by atoms with Crippen LogP contribution < -0.4 is 14.8 Å². The molecule has 2 aromatic rings. The van der Waals surface area contributed by atoms with Crippen LogP contribution in [0.4, 0.5) is 0 Å². The van der Waals surface area contributed by atoms with E-state index in [1.807, 2.05) is 30.3 Å². The van der Waals surface area contributed by atoms with E-state index in [0.29, 0.717) is 22.3 Å². The number of nitrogens with one attached hydrogen (secondary N) is 1. The third-order valence-electron chi connectivity index (χ3n) is 3.62. The van der Waals surface area contributed by atoms with Crippen molar-refractivity contribution in [2.24, 2.45) is 0 Å². The summed E-state index contributed by atoms with van der Waals surface area (Å²) in [5.74, 6) is 2.93. The SMILES string of the molecule is O=C(C=Cc1ccc2c(c1)OCO2)NCCSCc1ccc(Cl)c(Cl)c1. The van der Waals surface area contributed by atoms with Crippen LogP contribution in [0.5, 0.6) is 11.5 Å². The third kappa shape index (κ3) is 5.34. The molecule has 0 unspecified atom stereocenters. The Hall–Kier alpha value is -1.82. The first kappa shape index (κ1) is 19.0. The summed E-state index contributed by atoms with van der Waals surface area (Å²) < 4.78 is 10.6. The van der Waals surface area contributed by atoms with E-state index in [0.717, 1.165) is 28.4 Å². The Morgan fingerprint density at radius 1 is 1.12 bits per heavy atom. The average Bonchev–Trinajstić information content (AvgIpc) is 3.10. The quantitative estimate of drug-likeness (QED) is 0.527. The Morgan fingerprint density at radius 2 is 1.96 bits per heavy atom. The fourth-order valence-corrected chi connectivity index (χ4v) is 3.44. The molecular formula is C19H17Cl2NO3S. The lowest BCUT2D eigenvalue weighted by atomic mass is 10.2. The van der Waals surface area contributed by atoms with Gasteiger partial charge in [-0.1, -0.05) is 35.3 Å². The van der Waals surface area contributed by atoms with E-state index in [-0.39, 0.29) is 12.7 Å². The molecule has 26 heavy (non-hydrogen) atoms. The standard InChI is InChI=1S/C19H17Cl2NO3S/c20-15-4-1-14(9-16(15)21)11-26-8-7-22-19(23)6-3-13-2-5-17-18(10-13)25-12-24-17/h1-6,9-10H,7-8,11-12H2,(H,22,23). The zero-order chi connectivity index (χ0) is 18.4. The fourth-order valence-electron chi connectivity index (χ4n) is 2.31. The number of carbonyl (C=O) groups is 1. The second-order valence-corrected chi connectivity index (χ2v) is 7.46. The number of hydrogen-bond donors (Lipinski definition) is 1. The summed E-state index contributed by atoms with van der Waals surface area (Å²) in [5.41, 5.74) is 2.00. The van der Waals surface area contributed by atoms with Crippen molar-refractivity contribution in [3.05, 3.63) is 63.6 Å². The maximum absolute atomic E-state index is 11.9. The zero-order valence-corrected chi connectivity index (χ0v) is 16.2. The molecule has 2 aromatic carbocycles. The molecule has 136 valence electrons. The molecule has 0 spiro atoms. The highest BCUT2D eigenvalue weighted by atomic mass is 35.5. The molecule has 0 atom stereocenters. The Labute approximate surface area is 166 Å². The first-order valence-corrected chi connectivity index (χ1v) is 9.90. The number of halogens is 2. The molecule has 1 aliphatic rings. The predicted octanol–water partition coefficient (Wildman–Crippen LogP) is 4.78. The van der Waals surface area contributed by atoms with Crippen LogP contribution in [0.15, 0.2) is 42.5 Å². The van der Waals surface area contributed by atoms with E-state index in [1.165, 1.54) is 6.08 Å². The highest BCUT2D eigenvalue weighted by Gasteiger charge is 2.12. The number of ether oxygens (including phenoxy) is 2. The molecule has 1 N–H and O–H groups in total. The van der Waals surface area contributed by atoms with E-state index in [4.69, 9.17) is 32.7 Å². The highest BCUT2D eigenvalue weighted by Crippen LogP contribution is 2.32. The number of amides is 1. The van der Waals surface area contributed by atoms with Gasteiger partial charge in [-0.15, -0.1) is 0 Å². The second kappa shape index (κ2) is 9.21. The minimum absolute atomic E-state index is 0.127. The van der Waals surface area contributed by atoms with E-state index < -0.39 is 0 Å². The minimum atomic E-state index is -0.127. The Balaban J connectivity index is 1.37. The lowest BCUT2D eigenvalue weighted by molar-refractivity contribution is -0.116. The van der Waals surface area contributed by atoms with Crippen LogP contribution in [0, 0.1) is 0 Å². The lowest BCUT2D eigenvalue weighted by Gasteiger charge is -2.04. The summed E-state index contributed by atoms with van der Waals surface area (Å²) in [5, 5.41) is 3.98. The number of hydrogen-bond acceptors (Lipinski definition) is 4. The summed E-state index contributed by atoms with van der Waals surface area (Å²) in [6, 6.07) is 11.2. The molecule has 0 radical (unpaired) electrons. The van der Waals surface area contributed by atoms with Gasteiger partial charge >= 0.3 is 0 Å². The van der Waals surface area contributed by atoms with Crippen LogP contribution in [0.25, 0.3) is 6.08 Å². The largest absolute Gasteiger partial charge is 0.454 e. The third-order valence-corrected chi connectivity index (χ3v) is 5.39. The van der Waals surface area contributed by atoms with Crippen LogP contribution in [0.3, 0.4) is 0 Å². The summed E-state index contributed by atoms with van der Waals surface area (Å²) in [6.45, 7) is 0.833. The van der Waals surface area contributed by atoms with Gasteiger partial charge in [0, 0.05) is 24.1 Å². The molecule has 7 heteroatoms. The fraction of sp³-hybridized carbons (Fsp3) is 0.211. The number of thioether (sulfide) groups is 1. The van der Waals surface area contributed by atoms with Crippen molar-refractivity contribution >= 4 is 46.9 Å². The van der Waals surface area contributed by atoms with Gasteiger partial charge in [-0.05, 0) is 41.5 Å². The van der Waals surface area contributed by atoms with Gasteiger partial charge in [0.15, 0.2) is 11.5 Å². The molecule has 1 aliphatic heterocycles. The summed E-state index contributed by atoms with van der Waals surface area (Å²) in [7, 11) is 0. The van der Waals surface area contributed by atoms with Crippen molar-refractivity contribution in [2.75, 3.05) is 19.1 Å². The van der Waals surface area contributed by atoms with Crippen LogP contribution in [0.2, 0.25) is 10.0 Å². The van der Waals surface area contributed by atoms with E-state index in [2.05, 4.69) is 5.32 Å².